The monoisotopic (exact) mass is 156 g/mol. The second kappa shape index (κ2) is 4.16. The zero-order chi connectivity index (χ0) is 8.91. The molecule has 0 aromatic rings. The van der Waals surface area contributed by atoms with Crippen LogP contribution in [0.2, 0.25) is 0 Å². The minimum Gasteiger partial charge on any atom is -0.488 e. The van der Waals surface area contributed by atoms with Gasteiger partial charge in [0.25, 0.3) is 0 Å². The molecular formula is C9H16O2. The largest absolute Gasteiger partial charge is 0.488 e. The normalized spacial score (nSPS) is 12.9. The van der Waals surface area contributed by atoms with Crippen molar-refractivity contribution in [2.75, 3.05) is 0 Å². The molecule has 2 nitrogen and oxygen atoms in total. The van der Waals surface area contributed by atoms with Gasteiger partial charge in [0.2, 0.25) is 0 Å². The molecule has 0 atom stereocenters. The molecule has 0 aromatic heterocycles. The Morgan fingerprint density at radius 2 is 2.09 bits per heavy atom. The number of carbonyl (C=O) groups excluding carboxylic acids is 1. The summed E-state index contributed by atoms with van der Waals surface area (Å²) in [6.07, 6.45) is 3.40. The molecular weight excluding hydrogens is 140 g/mol. The summed E-state index contributed by atoms with van der Waals surface area (Å²) >= 11 is 0. The van der Waals surface area contributed by atoms with Crippen molar-refractivity contribution in [2.24, 2.45) is 0 Å². The van der Waals surface area contributed by atoms with E-state index in [-0.39, 0.29) is 0 Å². The molecule has 0 aromatic carbocycles. The van der Waals surface area contributed by atoms with Crippen LogP contribution in [0.5, 0.6) is 0 Å². The van der Waals surface area contributed by atoms with E-state index >= 15 is 0 Å². The van der Waals surface area contributed by atoms with Crippen LogP contribution in [0, 0.1) is 0 Å². The van der Waals surface area contributed by atoms with Crippen molar-refractivity contribution in [3.05, 3.63) is 11.8 Å². The van der Waals surface area contributed by atoms with Crippen molar-refractivity contribution in [3.8, 4) is 0 Å². The summed E-state index contributed by atoms with van der Waals surface area (Å²) in [6.45, 7) is 7.49. The van der Waals surface area contributed by atoms with Gasteiger partial charge < -0.3 is 4.74 Å². The number of aldehydes is 1. The summed E-state index contributed by atoms with van der Waals surface area (Å²) in [5, 5.41) is 0. The minimum absolute atomic E-state index is 0.684. The summed E-state index contributed by atoms with van der Waals surface area (Å²) < 4.78 is 5.20. The predicted octanol–water partition coefficient (Wildman–Crippen LogP) is 2.29. The first-order valence-electron chi connectivity index (χ1n) is 3.81. The third-order valence-electron chi connectivity index (χ3n) is 1.41. The maximum atomic E-state index is 10.4. The van der Waals surface area contributed by atoms with Crippen LogP contribution in [0.25, 0.3) is 0 Å². The van der Waals surface area contributed by atoms with Gasteiger partial charge in [-0.15, -0.1) is 0 Å². The van der Waals surface area contributed by atoms with Crippen LogP contribution in [-0.4, -0.2) is 11.9 Å². The highest BCUT2D eigenvalue weighted by Gasteiger charge is 2.15. The smallest absolute Gasteiger partial charge is 0.162 e. The van der Waals surface area contributed by atoms with Gasteiger partial charge in [0.1, 0.15) is 0 Å². The molecule has 64 valence electrons. The van der Waals surface area contributed by atoms with Crippen molar-refractivity contribution in [2.45, 2.75) is 39.7 Å². The molecule has 0 radical (unpaired) electrons. The third kappa shape index (κ3) is 4.59. The molecule has 0 unspecified atom stereocenters. The third-order valence-corrected chi connectivity index (χ3v) is 1.41. The van der Waals surface area contributed by atoms with Crippen LogP contribution in [-0.2, 0) is 9.53 Å². The van der Waals surface area contributed by atoms with E-state index in [0.717, 1.165) is 18.3 Å². The van der Waals surface area contributed by atoms with E-state index in [1.165, 1.54) is 0 Å². The van der Waals surface area contributed by atoms with Gasteiger partial charge in [0.05, 0.1) is 6.26 Å². The number of carbonyl (C=O) groups is 1. The quantitative estimate of drug-likeness (QED) is 0.461. The Morgan fingerprint density at radius 3 is 2.45 bits per heavy atom. The van der Waals surface area contributed by atoms with Crippen molar-refractivity contribution in [1.29, 1.82) is 0 Å². The van der Waals surface area contributed by atoms with Crippen LogP contribution < -0.4 is 0 Å². The van der Waals surface area contributed by atoms with Gasteiger partial charge >= 0.3 is 0 Å². The van der Waals surface area contributed by atoms with Crippen LogP contribution in [0.4, 0.5) is 0 Å². The molecule has 0 saturated carbocycles. The topological polar surface area (TPSA) is 26.3 Å². The Balaban J connectivity index is 3.96. The average molecular weight is 156 g/mol. The summed E-state index contributed by atoms with van der Waals surface area (Å²) in [5.41, 5.74) is 0.455. The Morgan fingerprint density at radius 1 is 1.55 bits per heavy atom. The van der Waals surface area contributed by atoms with E-state index in [2.05, 4.69) is 0 Å². The van der Waals surface area contributed by atoms with E-state index in [0.29, 0.717) is 0 Å². The van der Waals surface area contributed by atoms with Crippen LogP contribution in [0.3, 0.4) is 0 Å². The van der Waals surface area contributed by atoms with Gasteiger partial charge in [-0.3, -0.25) is 4.79 Å². The van der Waals surface area contributed by atoms with E-state index in [4.69, 9.17) is 4.74 Å². The molecule has 0 aliphatic rings. The molecule has 11 heavy (non-hydrogen) atoms. The number of rotatable bonds is 4. The summed E-state index contributed by atoms with van der Waals surface area (Å²) in [4.78, 5) is 10.4. The summed E-state index contributed by atoms with van der Waals surface area (Å²) in [5.74, 6) is 0. The maximum Gasteiger partial charge on any atom is 0.162 e. The SMILES string of the molecule is CC/C(C)=C/OC(C)(C)C=O. The van der Waals surface area contributed by atoms with E-state index in [9.17, 15) is 4.79 Å². The van der Waals surface area contributed by atoms with Crippen molar-refractivity contribution in [1.82, 2.24) is 0 Å². The number of hydrogen-bond acceptors (Lipinski definition) is 2. The molecule has 0 fully saturated rings. The van der Waals surface area contributed by atoms with Crippen LogP contribution in [0.15, 0.2) is 11.8 Å². The highest BCUT2D eigenvalue weighted by molar-refractivity contribution is 5.60. The molecule has 0 aliphatic carbocycles. The Kier molecular flexibility index (Phi) is 3.86. The lowest BCUT2D eigenvalue weighted by molar-refractivity contribution is -0.121. The molecule has 0 heterocycles. The van der Waals surface area contributed by atoms with Gasteiger partial charge in [0.15, 0.2) is 11.9 Å². The minimum atomic E-state index is -0.684. The molecule has 0 spiro atoms. The fraction of sp³-hybridized carbons (Fsp3) is 0.667. The first kappa shape index (κ1) is 10.2. The number of ether oxygens (including phenoxy) is 1. The first-order valence-corrected chi connectivity index (χ1v) is 3.81. The Labute approximate surface area is 68.2 Å². The second-order valence-corrected chi connectivity index (χ2v) is 3.16. The fourth-order valence-electron chi connectivity index (χ4n) is 0.364. The highest BCUT2D eigenvalue weighted by atomic mass is 16.5. The standard InChI is InChI=1S/C9H16O2/c1-5-8(2)6-11-9(3,4)7-10/h6-7H,5H2,1-4H3/b8-6+. The summed E-state index contributed by atoms with van der Waals surface area (Å²) in [7, 11) is 0. The lowest BCUT2D eigenvalue weighted by atomic mass is 10.2. The fourth-order valence-corrected chi connectivity index (χ4v) is 0.364. The molecule has 0 amide bonds. The Hall–Kier alpha value is -0.790. The van der Waals surface area contributed by atoms with Gasteiger partial charge in [-0.05, 0) is 32.8 Å². The average Bonchev–Trinajstić information content (AvgIpc) is 2.00. The van der Waals surface area contributed by atoms with Gasteiger partial charge in [-0.2, -0.15) is 0 Å². The summed E-state index contributed by atoms with van der Waals surface area (Å²) in [6, 6.07) is 0. The molecule has 0 saturated heterocycles. The second-order valence-electron chi connectivity index (χ2n) is 3.16. The van der Waals surface area contributed by atoms with E-state index in [1.54, 1.807) is 20.1 Å². The van der Waals surface area contributed by atoms with Gasteiger partial charge in [-0.1, -0.05) is 6.92 Å². The van der Waals surface area contributed by atoms with Crippen molar-refractivity contribution < 1.29 is 9.53 Å². The lowest BCUT2D eigenvalue weighted by Crippen LogP contribution is -2.23. The Bertz CT molecular complexity index is 157. The molecule has 0 rings (SSSR count). The molecule has 0 N–H and O–H groups in total. The first-order chi connectivity index (χ1) is 5.02. The zero-order valence-corrected chi connectivity index (χ0v) is 7.68. The van der Waals surface area contributed by atoms with Gasteiger partial charge in [0, 0.05) is 0 Å². The number of hydrogen-bond donors (Lipinski definition) is 0. The maximum absolute atomic E-state index is 10.4. The lowest BCUT2D eigenvalue weighted by Gasteiger charge is -2.16. The molecule has 0 bridgehead atoms. The highest BCUT2D eigenvalue weighted by Crippen LogP contribution is 2.08. The van der Waals surface area contributed by atoms with Crippen LogP contribution in [0.1, 0.15) is 34.1 Å². The van der Waals surface area contributed by atoms with Crippen molar-refractivity contribution >= 4 is 6.29 Å². The zero-order valence-electron chi connectivity index (χ0n) is 7.68. The van der Waals surface area contributed by atoms with E-state index in [1.807, 2.05) is 13.8 Å². The predicted molar refractivity (Wildman–Crippen MR) is 45.3 cm³/mol. The molecule has 2 heteroatoms. The number of allylic oxidation sites excluding steroid dienone is 1. The van der Waals surface area contributed by atoms with Gasteiger partial charge in [-0.25, -0.2) is 0 Å². The molecule has 0 aliphatic heterocycles. The van der Waals surface area contributed by atoms with E-state index < -0.39 is 5.60 Å². The van der Waals surface area contributed by atoms with Crippen LogP contribution >= 0.6 is 0 Å². The van der Waals surface area contributed by atoms with Crippen molar-refractivity contribution in [3.63, 3.8) is 0 Å².